The van der Waals surface area contributed by atoms with Crippen LogP contribution in [-0.2, 0) is 48.5 Å². The van der Waals surface area contributed by atoms with E-state index < -0.39 is 24.0 Å². The summed E-state index contributed by atoms with van der Waals surface area (Å²) in [6.45, 7) is 0.604. The van der Waals surface area contributed by atoms with E-state index in [1.807, 2.05) is 6.26 Å². The van der Waals surface area contributed by atoms with Gasteiger partial charge in [0.1, 0.15) is 12.1 Å². The maximum Gasteiger partial charge on any atom is 0.320 e. The Bertz CT molecular complexity index is 264. The summed E-state index contributed by atoms with van der Waals surface area (Å²) in [7, 11) is 0. The number of thioether (sulfide) groups is 1. The van der Waals surface area contributed by atoms with Crippen LogP contribution in [-0.4, -0.2) is 52.8 Å². The first-order valence-electron chi connectivity index (χ1n) is 6.02. The summed E-state index contributed by atoms with van der Waals surface area (Å²) < 4.78 is 0. The molecule has 0 saturated carbocycles. The number of aliphatic carboxylic acids is 2. The van der Waals surface area contributed by atoms with Crippen LogP contribution < -0.4 is 17.2 Å². The van der Waals surface area contributed by atoms with Crippen LogP contribution in [0.5, 0.6) is 0 Å². The van der Waals surface area contributed by atoms with Crippen LogP contribution in [0.1, 0.15) is 25.7 Å². The van der Waals surface area contributed by atoms with Crippen molar-refractivity contribution in [1.29, 1.82) is 0 Å². The Kier molecular flexibility index (Phi) is 28.6. The molecular formula is C11H25N3O4SZn2. The van der Waals surface area contributed by atoms with Crippen molar-refractivity contribution >= 4 is 23.7 Å². The number of unbranched alkanes of at least 4 members (excludes halogenated alkanes) is 1. The van der Waals surface area contributed by atoms with Crippen LogP contribution in [0.25, 0.3) is 0 Å². The zero-order valence-corrected chi connectivity index (χ0v) is 19.4. The maximum atomic E-state index is 10.1. The Morgan fingerprint density at radius 2 is 1.43 bits per heavy atom. The first kappa shape index (κ1) is 29.4. The normalized spacial score (nSPS) is 11.8. The number of carboxylic acid groups (broad SMARTS) is 2. The zero-order chi connectivity index (χ0) is 15.3. The molecule has 118 valence electrons. The predicted molar refractivity (Wildman–Crippen MR) is 77.1 cm³/mol. The molecule has 21 heavy (non-hydrogen) atoms. The monoisotopic (exact) mass is 423 g/mol. The first-order chi connectivity index (χ1) is 8.86. The van der Waals surface area contributed by atoms with Crippen LogP contribution in [0.3, 0.4) is 0 Å². The molecule has 8 N–H and O–H groups in total. The molecule has 10 heteroatoms. The number of rotatable bonds is 9. The third kappa shape index (κ3) is 22.8. The van der Waals surface area contributed by atoms with E-state index in [1.165, 1.54) is 0 Å². The molecule has 0 unspecified atom stereocenters. The van der Waals surface area contributed by atoms with Crippen LogP contribution in [0.2, 0.25) is 0 Å². The quantitative estimate of drug-likeness (QED) is 0.248. The average molecular weight is 426 g/mol. The van der Waals surface area contributed by atoms with Crippen LogP contribution >= 0.6 is 11.8 Å². The molecule has 0 rings (SSSR count). The smallest absolute Gasteiger partial charge is 0.320 e. The standard InChI is InChI=1S/C6H14N2O2.C5H11NO2S.2Zn/c7-4-2-1-3-5(8)6(9)10;1-9-3-2-4(6)5(7)8;;/h5H,1-4,7-8H2,(H,9,10);4H,2-3,6H2,1H3,(H,7,8);;/t5-;4-;;/m00../s1. The second-order valence-electron chi connectivity index (χ2n) is 3.96. The van der Waals surface area contributed by atoms with Gasteiger partial charge in [0, 0.05) is 39.0 Å². The Hall–Kier alpha value is 0.417. The summed E-state index contributed by atoms with van der Waals surface area (Å²) in [5.41, 5.74) is 15.6. The molecule has 0 aliphatic heterocycles. The van der Waals surface area contributed by atoms with E-state index in [4.69, 9.17) is 27.4 Å². The van der Waals surface area contributed by atoms with Crippen molar-refractivity contribution in [2.24, 2.45) is 17.2 Å². The van der Waals surface area contributed by atoms with Gasteiger partial charge in [0.05, 0.1) is 0 Å². The van der Waals surface area contributed by atoms with Gasteiger partial charge in [0.25, 0.3) is 0 Å². The number of hydrogen-bond acceptors (Lipinski definition) is 6. The summed E-state index contributed by atoms with van der Waals surface area (Å²) in [4.78, 5) is 20.2. The molecule has 0 aliphatic carbocycles. The van der Waals surface area contributed by atoms with E-state index in [0.717, 1.165) is 18.6 Å². The summed E-state index contributed by atoms with van der Waals surface area (Å²) in [6.07, 6.45) is 4.64. The summed E-state index contributed by atoms with van der Waals surface area (Å²) in [5, 5.41) is 16.6. The van der Waals surface area contributed by atoms with Crippen LogP contribution in [0.15, 0.2) is 0 Å². The summed E-state index contributed by atoms with van der Waals surface area (Å²) >= 11 is 1.60. The number of hydrogen-bond donors (Lipinski definition) is 5. The molecule has 0 saturated heterocycles. The molecule has 0 amide bonds. The minimum absolute atomic E-state index is 0. The van der Waals surface area contributed by atoms with Crippen molar-refractivity contribution in [2.45, 2.75) is 37.8 Å². The molecule has 0 bridgehead atoms. The van der Waals surface area contributed by atoms with E-state index >= 15 is 0 Å². The molecule has 7 nitrogen and oxygen atoms in total. The third-order valence-electron chi connectivity index (χ3n) is 2.24. The van der Waals surface area contributed by atoms with E-state index in [-0.39, 0.29) is 39.0 Å². The van der Waals surface area contributed by atoms with Crippen molar-refractivity contribution in [3.63, 3.8) is 0 Å². The average Bonchev–Trinajstić information content (AvgIpc) is 2.36. The molecule has 0 aromatic rings. The second kappa shape index (κ2) is 20.4. The molecule has 0 fully saturated rings. The molecule has 0 aliphatic rings. The van der Waals surface area contributed by atoms with Gasteiger partial charge in [0.2, 0.25) is 0 Å². The number of carboxylic acids is 2. The van der Waals surface area contributed by atoms with Crippen LogP contribution in [0.4, 0.5) is 0 Å². The molecule has 0 aromatic carbocycles. The minimum Gasteiger partial charge on any atom is -0.480 e. The van der Waals surface area contributed by atoms with Gasteiger partial charge in [0.15, 0.2) is 0 Å². The van der Waals surface area contributed by atoms with Crippen molar-refractivity contribution in [1.82, 2.24) is 0 Å². The number of nitrogens with two attached hydrogens (primary N) is 3. The Morgan fingerprint density at radius 1 is 1.00 bits per heavy atom. The second-order valence-corrected chi connectivity index (χ2v) is 4.94. The summed E-state index contributed by atoms with van der Waals surface area (Å²) in [6, 6.07) is -1.40. The van der Waals surface area contributed by atoms with E-state index in [9.17, 15) is 9.59 Å². The van der Waals surface area contributed by atoms with Gasteiger partial charge in [-0.3, -0.25) is 9.59 Å². The van der Waals surface area contributed by atoms with E-state index in [2.05, 4.69) is 0 Å². The van der Waals surface area contributed by atoms with Crippen molar-refractivity contribution < 1.29 is 58.8 Å². The fraction of sp³-hybridized carbons (Fsp3) is 0.818. The van der Waals surface area contributed by atoms with Gasteiger partial charge in [-0.1, -0.05) is 6.42 Å². The van der Waals surface area contributed by atoms with E-state index in [0.29, 0.717) is 19.4 Å². The zero-order valence-electron chi connectivity index (χ0n) is 12.7. The van der Waals surface area contributed by atoms with Gasteiger partial charge < -0.3 is 27.4 Å². The largest absolute Gasteiger partial charge is 0.480 e. The van der Waals surface area contributed by atoms with Crippen molar-refractivity contribution in [3.8, 4) is 0 Å². The fourth-order valence-electron chi connectivity index (χ4n) is 1.00. The van der Waals surface area contributed by atoms with Crippen molar-refractivity contribution in [2.75, 3.05) is 18.6 Å². The minimum atomic E-state index is -0.933. The first-order valence-corrected chi connectivity index (χ1v) is 7.41. The Labute approximate surface area is 155 Å². The third-order valence-corrected chi connectivity index (χ3v) is 2.88. The molecule has 0 radical (unpaired) electrons. The van der Waals surface area contributed by atoms with Gasteiger partial charge in [-0.25, -0.2) is 0 Å². The molecular weight excluding hydrogens is 401 g/mol. The van der Waals surface area contributed by atoms with Gasteiger partial charge in [-0.05, 0) is 37.8 Å². The topological polar surface area (TPSA) is 153 Å². The van der Waals surface area contributed by atoms with Gasteiger partial charge >= 0.3 is 11.9 Å². The van der Waals surface area contributed by atoms with Gasteiger partial charge in [-0.2, -0.15) is 11.8 Å². The Balaban J connectivity index is -0.000000126. The SMILES string of the molecule is CSCC[C@H](N)C(=O)O.NCCCC[C@H](N)C(=O)O.[Zn].[Zn]. The molecule has 0 heterocycles. The molecule has 0 aromatic heterocycles. The Morgan fingerprint density at radius 3 is 1.76 bits per heavy atom. The van der Waals surface area contributed by atoms with Gasteiger partial charge in [-0.15, -0.1) is 0 Å². The number of carbonyl (C=O) groups is 2. The van der Waals surface area contributed by atoms with Crippen molar-refractivity contribution in [3.05, 3.63) is 0 Å². The maximum absolute atomic E-state index is 10.1. The molecule has 0 spiro atoms. The van der Waals surface area contributed by atoms with Crippen LogP contribution in [0, 0.1) is 0 Å². The summed E-state index contributed by atoms with van der Waals surface area (Å²) in [5.74, 6) is -1.03. The fourth-order valence-corrected chi connectivity index (χ4v) is 1.49. The van der Waals surface area contributed by atoms with E-state index in [1.54, 1.807) is 11.8 Å². The predicted octanol–water partition coefficient (Wildman–Crippen LogP) is -0.326. The molecule has 2 atom stereocenters.